The summed E-state index contributed by atoms with van der Waals surface area (Å²) in [6.45, 7) is 3.38. The number of hydrogen-bond donors (Lipinski definition) is 0. The van der Waals surface area contributed by atoms with Crippen molar-refractivity contribution >= 4 is 16.6 Å². The molecule has 3 aromatic rings. The van der Waals surface area contributed by atoms with Crippen LogP contribution < -0.4 is 0 Å². The molecule has 2 heteroatoms. The normalized spacial score (nSPS) is 15.7. The first kappa shape index (κ1) is 18.9. The number of nitrogens with zero attached hydrogens (tertiary/aromatic N) is 1. The molecule has 0 saturated carbocycles. The molecule has 0 aromatic heterocycles. The molecule has 0 atom stereocenters. The Balaban J connectivity index is 1.20. The molecule has 0 spiro atoms. The zero-order valence-electron chi connectivity index (χ0n) is 16.5. The van der Waals surface area contributed by atoms with Gasteiger partial charge in [0.15, 0.2) is 5.78 Å². The summed E-state index contributed by atoms with van der Waals surface area (Å²) < 4.78 is 0. The molecule has 4 rings (SSSR count). The average Bonchev–Trinajstić information content (AvgIpc) is 2.75. The molecule has 3 aromatic carbocycles. The van der Waals surface area contributed by atoms with Crippen LogP contribution in [0.25, 0.3) is 10.8 Å². The van der Waals surface area contributed by atoms with Crippen molar-refractivity contribution in [2.24, 2.45) is 5.92 Å². The first-order chi connectivity index (χ1) is 13.8. The van der Waals surface area contributed by atoms with E-state index in [2.05, 4.69) is 53.4 Å². The molecule has 1 fully saturated rings. The molecule has 1 heterocycles. The van der Waals surface area contributed by atoms with Crippen LogP contribution in [0.3, 0.4) is 0 Å². The Bertz CT molecular complexity index is 910. The SMILES string of the molecule is O=C(CCCN1CCC(Cc2ccccc2)CC1)c1ccc2ccccc2c1. The van der Waals surface area contributed by atoms with Crippen LogP contribution in [0, 0.1) is 5.92 Å². The van der Waals surface area contributed by atoms with Crippen molar-refractivity contribution in [3.63, 3.8) is 0 Å². The van der Waals surface area contributed by atoms with Crippen molar-refractivity contribution in [2.75, 3.05) is 19.6 Å². The van der Waals surface area contributed by atoms with Gasteiger partial charge in [0.1, 0.15) is 0 Å². The van der Waals surface area contributed by atoms with Gasteiger partial charge in [0.25, 0.3) is 0 Å². The number of piperidine rings is 1. The number of rotatable bonds is 7. The smallest absolute Gasteiger partial charge is 0.162 e. The van der Waals surface area contributed by atoms with Gasteiger partial charge in [0.2, 0.25) is 0 Å². The highest BCUT2D eigenvalue weighted by atomic mass is 16.1. The molecule has 144 valence electrons. The van der Waals surface area contributed by atoms with E-state index >= 15 is 0 Å². The molecule has 0 unspecified atom stereocenters. The van der Waals surface area contributed by atoms with Crippen LogP contribution in [0.2, 0.25) is 0 Å². The first-order valence-corrected chi connectivity index (χ1v) is 10.6. The van der Waals surface area contributed by atoms with Crippen LogP contribution in [0.4, 0.5) is 0 Å². The van der Waals surface area contributed by atoms with Gasteiger partial charge in [0.05, 0.1) is 0 Å². The van der Waals surface area contributed by atoms with Crippen molar-refractivity contribution < 1.29 is 4.79 Å². The number of likely N-dealkylation sites (tertiary alicyclic amines) is 1. The Hall–Kier alpha value is -2.45. The minimum Gasteiger partial charge on any atom is -0.303 e. The van der Waals surface area contributed by atoms with Crippen molar-refractivity contribution in [3.05, 3.63) is 83.9 Å². The van der Waals surface area contributed by atoms with E-state index in [1.54, 1.807) is 0 Å². The second-order valence-corrected chi connectivity index (χ2v) is 8.06. The van der Waals surface area contributed by atoms with Gasteiger partial charge in [-0.1, -0.05) is 66.7 Å². The highest BCUT2D eigenvalue weighted by Crippen LogP contribution is 2.22. The van der Waals surface area contributed by atoms with E-state index in [1.165, 1.54) is 43.3 Å². The van der Waals surface area contributed by atoms with Gasteiger partial charge in [-0.2, -0.15) is 0 Å². The number of hydrogen-bond acceptors (Lipinski definition) is 2. The monoisotopic (exact) mass is 371 g/mol. The van der Waals surface area contributed by atoms with E-state index in [4.69, 9.17) is 0 Å². The van der Waals surface area contributed by atoms with Gasteiger partial charge in [-0.3, -0.25) is 4.79 Å². The van der Waals surface area contributed by atoms with Crippen LogP contribution in [-0.2, 0) is 6.42 Å². The molecule has 1 aliphatic heterocycles. The molecular weight excluding hydrogens is 342 g/mol. The lowest BCUT2D eigenvalue weighted by Gasteiger charge is -2.32. The van der Waals surface area contributed by atoms with Crippen LogP contribution in [0.5, 0.6) is 0 Å². The van der Waals surface area contributed by atoms with Gasteiger partial charge >= 0.3 is 0 Å². The number of fused-ring (bicyclic) bond motifs is 1. The minimum absolute atomic E-state index is 0.268. The molecule has 0 radical (unpaired) electrons. The summed E-state index contributed by atoms with van der Waals surface area (Å²) in [4.78, 5) is 15.1. The minimum atomic E-state index is 0.268. The molecule has 1 aliphatic rings. The fraction of sp³-hybridized carbons (Fsp3) is 0.346. The Morgan fingerprint density at radius 3 is 2.36 bits per heavy atom. The third-order valence-electron chi connectivity index (χ3n) is 6.02. The number of ketones is 1. The maximum absolute atomic E-state index is 12.6. The number of Topliss-reactive ketones (excluding diaryl/α,β-unsaturated/α-hetero) is 1. The first-order valence-electron chi connectivity index (χ1n) is 10.6. The highest BCUT2D eigenvalue weighted by molar-refractivity contribution is 5.99. The quantitative estimate of drug-likeness (QED) is 0.492. The molecule has 28 heavy (non-hydrogen) atoms. The van der Waals surface area contributed by atoms with Gasteiger partial charge in [-0.05, 0) is 73.6 Å². The van der Waals surface area contributed by atoms with Crippen molar-refractivity contribution in [2.45, 2.75) is 32.1 Å². The Kier molecular flexibility index (Phi) is 6.18. The molecule has 0 aliphatic carbocycles. The van der Waals surface area contributed by atoms with Crippen LogP contribution in [0.1, 0.15) is 41.6 Å². The molecule has 0 N–H and O–H groups in total. The lowest BCUT2D eigenvalue weighted by molar-refractivity contribution is 0.0970. The predicted molar refractivity (Wildman–Crippen MR) is 117 cm³/mol. The lowest BCUT2D eigenvalue weighted by atomic mass is 9.90. The number of carbonyl (C=O) groups excluding carboxylic acids is 1. The van der Waals surface area contributed by atoms with Gasteiger partial charge in [-0.15, -0.1) is 0 Å². The Morgan fingerprint density at radius 1 is 0.857 bits per heavy atom. The van der Waals surface area contributed by atoms with Gasteiger partial charge in [-0.25, -0.2) is 0 Å². The summed E-state index contributed by atoms with van der Waals surface area (Å²) in [5, 5.41) is 2.34. The molecular formula is C26H29NO. The average molecular weight is 372 g/mol. The van der Waals surface area contributed by atoms with E-state index in [9.17, 15) is 4.79 Å². The molecule has 2 nitrogen and oxygen atoms in total. The summed E-state index contributed by atoms with van der Waals surface area (Å²) in [5.41, 5.74) is 2.31. The second-order valence-electron chi connectivity index (χ2n) is 8.06. The highest BCUT2D eigenvalue weighted by Gasteiger charge is 2.19. The van der Waals surface area contributed by atoms with Crippen molar-refractivity contribution in [1.82, 2.24) is 4.90 Å². The summed E-state index contributed by atoms with van der Waals surface area (Å²) in [5.74, 6) is 1.07. The fourth-order valence-electron chi connectivity index (χ4n) is 4.33. The standard InChI is InChI=1S/C26H29NO/c28-26(25-13-12-23-9-4-5-10-24(23)20-25)11-6-16-27-17-14-22(15-18-27)19-21-7-2-1-3-8-21/h1-5,7-10,12-13,20,22H,6,11,14-19H2. The fourth-order valence-corrected chi connectivity index (χ4v) is 4.33. The largest absolute Gasteiger partial charge is 0.303 e. The molecule has 0 amide bonds. The Labute approximate surface area is 168 Å². The van der Waals surface area contributed by atoms with Crippen LogP contribution in [0.15, 0.2) is 72.8 Å². The summed E-state index contributed by atoms with van der Waals surface area (Å²) >= 11 is 0. The maximum atomic E-state index is 12.6. The second kappa shape index (κ2) is 9.16. The van der Waals surface area contributed by atoms with Crippen LogP contribution >= 0.6 is 0 Å². The predicted octanol–water partition coefficient (Wildman–Crippen LogP) is 5.76. The topological polar surface area (TPSA) is 20.3 Å². The van der Waals surface area contributed by atoms with E-state index in [0.717, 1.165) is 29.8 Å². The van der Waals surface area contributed by atoms with Gasteiger partial charge in [0, 0.05) is 12.0 Å². The van der Waals surface area contributed by atoms with Gasteiger partial charge < -0.3 is 4.90 Å². The summed E-state index contributed by atoms with van der Waals surface area (Å²) in [6.07, 6.45) is 5.34. The molecule has 1 saturated heterocycles. The van der Waals surface area contributed by atoms with Crippen molar-refractivity contribution in [3.8, 4) is 0 Å². The van der Waals surface area contributed by atoms with E-state index in [0.29, 0.717) is 6.42 Å². The van der Waals surface area contributed by atoms with E-state index in [-0.39, 0.29) is 5.78 Å². The maximum Gasteiger partial charge on any atom is 0.162 e. The lowest BCUT2D eigenvalue weighted by Crippen LogP contribution is -2.35. The summed E-state index contributed by atoms with van der Waals surface area (Å²) in [7, 11) is 0. The zero-order valence-corrected chi connectivity index (χ0v) is 16.5. The number of benzene rings is 3. The summed E-state index contributed by atoms with van der Waals surface area (Å²) in [6, 6.07) is 25.1. The zero-order chi connectivity index (χ0) is 19.2. The van der Waals surface area contributed by atoms with E-state index < -0.39 is 0 Å². The third kappa shape index (κ3) is 4.88. The van der Waals surface area contributed by atoms with Crippen molar-refractivity contribution in [1.29, 1.82) is 0 Å². The number of carbonyl (C=O) groups is 1. The van der Waals surface area contributed by atoms with E-state index in [1.807, 2.05) is 24.3 Å². The Morgan fingerprint density at radius 2 is 1.57 bits per heavy atom. The molecule has 0 bridgehead atoms. The third-order valence-corrected chi connectivity index (χ3v) is 6.02. The van der Waals surface area contributed by atoms with Crippen LogP contribution in [-0.4, -0.2) is 30.3 Å².